The fraction of sp³-hybridized carbons (Fsp3) is 0.950. The van der Waals surface area contributed by atoms with E-state index in [4.69, 9.17) is 0 Å². The number of unbranched alkanes of at least 4 members (excludes halogenated alkanes) is 12. The van der Waals surface area contributed by atoms with E-state index in [0.717, 1.165) is 6.42 Å². The van der Waals surface area contributed by atoms with Crippen molar-refractivity contribution in [2.45, 2.75) is 96.8 Å². The van der Waals surface area contributed by atoms with Crippen molar-refractivity contribution < 1.29 is 4.48 Å². The summed E-state index contributed by atoms with van der Waals surface area (Å²) in [6, 6.07) is 0. The van der Waals surface area contributed by atoms with E-state index in [9.17, 15) is 0 Å². The molecule has 0 aliphatic carbocycles. The number of rotatable bonds is 16. The summed E-state index contributed by atoms with van der Waals surface area (Å²) >= 11 is 0. The Kier molecular flexibility index (Phi) is 14.9. The number of hydrogen-bond donors (Lipinski definition) is 0. The van der Waals surface area contributed by atoms with Gasteiger partial charge in [0.2, 0.25) is 0 Å². The molecule has 0 rings (SSSR count). The molecular weight excluding hydrogens is 254 g/mol. The Morgan fingerprint density at radius 2 is 0.952 bits per heavy atom. The average molecular weight is 298 g/mol. The van der Waals surface area contributed by atoms with Gasteiger partial charge in [-0.3, -0.25) is 0 Å². The summed E-state index contributed by atoms with van der Waals surface area (Å²) in [5.74, 6) is 0. The second kappa shape index (κ2) is 14.9. The van der Waals surface area contributed by atoms with Crippen molar-refractivity contribution in [2.75, 3.05) is 27.2 Å². The molecule has 0 N–H and O–H groups in total. The zero-order chi connectivity index (χ0) is 15.8. The lowest BCUT2D eigenvalue weighted by atomic mass is 10.1. The molecule has 0 aromatic carbocycles. The maximum absolute atomic E-state index is 3.94. The highest BCUT2D eigenvalue weighted by molar-refractivity contribution is 4.49. The number of nitrogens with zero attached hydrogens (tertiary/aromatic N) is 1. The standard InChI is InChI=1S/C20H43N/c1-5-7-9-10-11-12-13-14-15-16-17-18-20-21(3,4)19-8-6-2/h2,5-20H2,1,3-4H3. The second-order valence-corrected chi connectivity index (χ2v) is 7.48. The molecule has 21 heavy (non-hydrogen) atoms. The van der Waals surface area contributed by atoms with Crippen LogP contribution in [0, 0.1) is 6.92 Å². The minimum Gasteiger partial charge on any atom is -0.343 e. The van der Waals surface area contributed by atoms with Crippen molar-refractivity contribution in [1.29, 1.82) is 0 Å². The molecule has 0 unspecified atom stereocenters. The summed E-state index contributed by atoms with van der Waals surface area (Å²) in [4.78, 5) is 0. The summed E-state index contributed by atoms with van der Waals surface area (Å²) in [5.41, 5.74) is 0. The average Bonchev–Trinajstić information content (AvgIpc) is 2.46. The van der Waals surface area contributed by atoms with Gasteiger partial charge in [-0.1, -0.05) is 71.1 Å². The van der Waals surface area contributed by atoms with Crippen molar-refractivity contribution in [3.8, 4) is 0 Å². The van der Waals surface area contributed by atoms with Gasteiger partial charge < -0.3 is 11.4 Å². The smallest absolute Gasteiger partial charge is 0.0782 e. The van der Waals surface area contributed by atoms with Crippen LogP contribution in [-0.2, 0) is 0 Å². The Hall–Kier alpha value is -0.0400. The molecule has 0 atom stereocenters. The highest BCUT2D eigenvalue weighted by atomic mass is 15.3. The van der Waals surface area contributed by atoms with Gasteiger partial charge in [-0.25, -0.2) is 0 Å². The van der Waals surface area contributed by atoms with Crippen LogP contribution in [0.2, 0.25) is 0 Å². The molecule has 0 aromatic heterocycles. The fourth-order valence-corrected chi connectivity index (χ4v) is 3.03. The van der Waals surface area contributed by atoms with Crippen LogP contribution in [-0.4, -0.2) is 31.7 Å². The minimum absolute atomic E-state index is 1.08. The van der Waals surface area contributed by atoms with Gasteiger partial charge in [-0.05, 0) is 19.3 Å². The molecule has 0 spiro atoms. The van der Waals surface area contributed by atoms with E-state index in [1.54, 1.807) is 0 Å². The van der Waals surface area contributed by atoms with Gasteiger partial charge in [-0.15, -0.1) is 0 Å². The largest absolute Gasteiger partial charge is 0.343 e. The van der Waals surface area contributed by atoms with Gasteiger partial charge in [0.05, 0.1) is 27.2 Å². The molecule has 0 aliphatic rings. The van der Waals surface area contributed by atoms with E-state index in [2.05, 4.69) is 27.9 Å². The lowest BCUT2D eigenvalue weighted by Crippen LogP contribution is -2.41. The molecule has 0 radical (unpaired) electrons. The van der Waals surface area contributed by atoms with Crippen LogP contribution in [0.3, 0.4) is 0 Å². The van der Waals surface area contributed by atoms with Crippen LogP contribution >= 0.6 is 0 Å². The quantitative estimate of drug-likeness (QED) is 0.176. The SMILES string of the molecule is [CH2-]CCC[N+](C)(C)CCCCCCCCCCCCCC. The van der Waals surface area contributed by atoms with Crippen molar-refractivity contribution in [3.63, 3.8) is 0 Å². The molecule has 128 valence electrons. The monoisotopic (exact) mass is 297 g/mol. The molecule has 1 heteroatoms. The van der Waals surface area contributed by atoms with Crippen molar-refractivity contribution in [3.05, 3.63) is 6.92 Å². The molecule has 0 bridgehead atoms. The summed E-state index contributed by atoms with van der Waals surface area (Å²) in [6.07, 6.45) is 19.7. The Labute approximate surface area is 136 Å². The highest BCUT2D eigenvalue weighted by Crippen LogP contribution is 2.13. The lowest BCUT2D eigenvalue weighted by molar-refractivity contribution is -0.890. The predicted molar refractivity (Wildman–Crippen MR) is 97.5 cm³/mol. The Balaban J connectivity index is 3.18. The number of quaternary nitrogens is 1. The predicted octanol–water partition coefficient (Wildman–Crippen LogP) is 6.38. The topological polar surface area (TPSA) is 0 Å². The van der Waals surface area contributed by atoms with Crippen molar-refractivity contribution in [2.24, 2.45) is 0 Å². The lowest BCUT2D eigenvalue weighted by Gasteiger charge is -2.30. The zero-order valence-corrected chi connectivity index (χ0v) is 15.5. The summed E-state index contributed by atoms with van der Waals surface area (Å²) in [5, 5.41) is 0. The second-order valence-electron chi connectivity index (χ2n) is 7.48. The molecule has 1 nitrogen and oxygen atoms in total. The highest BCUT2D eigenvalue weighted by Gasteiger charge is 2.12. The van der Waals surface area contributed by atoms with Gasteiger partial charge in [-0.2, -0.15) is 6.42 Å². The zero-order valence-electron chi connectivity index (χ0n) is 15.5. The first-order valence-corrected chi connectivity index (χ1v) is 9.73. The molecule has 0 aliphatic heterocycles. The molecular formula is C20H43N. The van der Waals surface area contributed by atoms with E-state index in [-0.39, 0.29) is 0 Å². The van der Waals surface area contributed by atoms with Crippen LogP contribution in [0.15, 0.2) is 0 Å². The summed E-state index contributed by atoms with van der Waals surface area (Å²) in [6.45, 7) is 8.88. The van der Waals surface area contributed by atoms with E-state index in [1.807, 2.05) is 0 Å². The van der Waals surface area contributed by atoms with Gasteiger partial charge >= 0.3 is 0 Å². The van der Waals surface area contributed by atoms with Gasteiger partial charge in [0, 0.05) is 0 Å². The molecule has 0 heterocycles. The molecule has 0 fully saturated rings. The van der Waals surface area contributed by atoms with E-state index in [1.165, 1.54) is 101 Å². The first-order chi connectivity index (χ1) is 10.1. The van der Waals surface area contributed by atoms with Crippen molar-refractivity contribution in [1.82, 2.24) is 0 Å². The van der Waals surface area contributed by atoms with Gasteiger partial charge in [0.1, 0.15) is 0 Å². The normalized spacial score (nSPS) is 12.0. The molecule has 0 amide bonds. The van der Waals surface area contributed by atoms with Crippen molar-refractivity contribution >= 4 is 0 Å². The maximum Gasteiger partial charge on any atom is 0.0782 e. The third-order valence-electron chi connectivity index (χ3n) is 4.63. The molecule has 0 saturated carbocycles. The van der Waals surface area contributed by atoms with Crippen LogP contribution in [0.1, 0.15) is 96.8 Å². The molecule has 0 saturated heterocycles. The van der Waals surface area contributed by atoms with Gasteiger partial charge in [0.15, 0.2) is 0 Å². The van der Waals surface area contributed by atoms with Crippen LogP contribution in [0.25, 0.3) is 0 Å². The Morgan fingerprint density at radius 1 is 0.571 bits per heavy atom. The Morgan fingerprint density at radius 3 is 1.38 bits per heavy atom. The first-order valence-electron chi connectivity index (χ1n) is 9.73. The van der Waals surface area contributed by atoms with E-state index >= 15 is 0 Å². The number of hydrogen-bond acceptors (Lipinski definition) is 0. The summed E-state index contributed by atoms with van der Waals surface area (Å²) < 4.78 is 1.19. The van der Waals surface area contributed by atoms with Gasteiger partial charge in [0.25, 0.3) is 0 Å². The van der Waals surface area contributed by atoms with Crippen LogP contribution in [0.5, 0.6) is 0 Å². The van der Waals surface area contributed by atoms with Crippen LogP contribution < -0.4 is 0 Å². The summed E-state index contributed by atoms with van der Waals surface area (Å²) in [7, 11) is 4.74. The minimum atomic E-state index is 1.08. The van der Waals surface area contributed by atoms with E-state index in [0.29, 0.717) is 0 Å². The fourth-order valence-electron chi connectivity index (χ4n) is 3.03. The third kappa shape index (κ3) is 16.2. The first kappa shape index (κ1) is 21.0. The van der Waals surface area contributed by atoms with E-state index < -0.39 is 0 Å². The van der Waals surface area contributed by atoms with Crippen LogP contribution in [0.4, 0.5) is 0 Å². The Bertz CT molecular complexity index is 198. The molecule has 0 aromatic rings. The maximum atomic E-state index is 3.94. The third-order valence-corrected chi connectivity index (χ3v) is 4.63.